The van der Waals surface area contributed by atoms with Crippen molar-refractivity contribution in [2.24, 2.45) is 0 Å². The second kappa shape index (κ2) is 10.6. The molecule has 0 saturated carbocycles. The van der Waals surface area contributed by atoms with Crippen molar-refractivity contribution in [1.29, 1.82) is 5.26 Å². The molecule has 3 aromatic rings. The van der Waals surface area contributed by atoms with Gasteiger partial charge in [0.05, 0.1) is 5.69 Å². The molecule has 9 heteroatoms. The minimum absolute atomic E-state index is 0.0224. The van der Waals surface area contributed by atoms with Crippen molar-refractivity contribution in [1.82, 2.24) is 14.5 Å². The van der Waals surface area contributed by atoms with Gasteiger partial charge in [0.2, 0.25) is 0 Å². The summed E-state index contributed by atoms with van der Waals surface area (Å²) >= 11 is 0. The second-order valence-electron chi connectivity index (χ2n) is 9.55. The number of rotatable bonds is 6. The zero-order valence-corrected chi connectivity index (χ0v) is 21.2. The third-order valence-electron chi connectivity index (χ3n) is 6.97. The molecule has 0 amide bonds. The molecule has 0 atom stereocenters. The monoisotopic (exact) mass is 515 g/mol. The molecule has 0 radical (unpaired) electrons. The number of nitriles is 1. The van der Waals surface area contributed by atoms with Crippen LogP contribution in [-0.4, -0.2) is 40.6 Å². The second-order valence-corrected chi connectivity index (χ2v) is 9.55. The first kappa shape index (κ1) is 25.4. The molecule has 0 bridgehead atoms. The van der Waals surface area contributed by atoms with Gasteiger partial charge in [0.25, 0.3) is 11.8 Å². The van der Waals surface area contributed by atoms with E-state index in [2.05, 4.69) is 26.0 Å². The molecule has 2 aliphatic heterocycles. The highest BCUT2D eigenvalue weighted by Gasteiger charge is 2.21. The first-order valence-electron chi connectivity index (χ1n) is 12.4. The summed E-state index contributed by atoms with van der Waals surface area (Å²) in [6, 6.07) is 5.85. The van der Waals surface area contributed by atoms with Crippen LogP contribution in [0.2, 0.25) is 0 Å². The van der Waals surface area contributed by atoms with E-state index in [9.17, 15) is 13.6 Å². The summed E-state index contributed by atoms with van der Waals surface area (Å²) in [7, 11) is 0. The van der Waals surface area contributed by atoms with Gasteiger partial charge >= 0.3 is 0 Å². The van der Waals surface area contributed by atoms with E-state index in [0.29, 0.717) is 38.0 Å². The maximum absolute atomic E-state index is 14.6. The first-order valence-corrected chi connectivity index (χ1v) is 12.4. The number of nitrogens with one attached hydrogen (secondary N) is 1. The number of aryl methyl sites for hydroxylation is 1. The Labute approximate surface area is 219 Å². The molecule has 2 aromatic heterocycles. The lowest BCUT2D eigenvalue weighted by atomic mass is 9.97. The van der Waals surface area contributed by atoms with Gasteiger partial charge in [-0.05, 0) is 44.4 Å². The standard InChI is InChI=1S/C29H27F2N5O2/c1-18(16-35-10-5-20(6-11-35)28-24(30)14-21(38-17-32)15-25(28)31)13-23-19(2)33-9-4-27(23)36-12-7-26-22(29(36)37)3-8-34-26/h4-5,7,9,12-15,34H,3,6,8,10-11,16H2,1-2H3/b18-13+. The Morgan fingerprint density at radius 1 is 1.26 bits per heavy atom. The van der Waals surface area contributed by atoms with Crippen LogP contribution in [0.15, 0.2) is 53.1 Å². The normalized spacial score (nSPS) is 15.4. The van der Waals surface area contributed by atoms with E-state index in [1.165, 1.54) is 6.26 Å². The summed E-state index contributed by atoms with van der Waals surface area (Å²) < 4.78 is 35.4. The van der Waals surface area contributed by atoms with Gasteiger partial charge in [-0.1, -0.05) is 17.7 Å². The molecule has 1 N–H and O–H groups in total. The highest BCUT2D eigenvalue weighted by atomic mass is 19.1. The minimum Gasteiger partial charge on any atom is -0.388 e. The number of hydrogen-bond donors (Lipinski definition) is 1. The molecule has 5 rings (SSSR count). The molecule has 0 fully saturated rings. The van der Waals surface area contributed by atoms with Crippen LogP contribution in [0.5, 0.6) is 5.75 Å². The van der Waals surface area contributed by atoms with Crippen LogP contribution in [0, 0.1) is 30.1 Å². The van der Waals surface area contributed by atoms with Crippen LogP contribution >= 0.6 is 0 Å². The Hall–Kier alpha value is -4.29. The summed E-state index contributed by atoms with van der Waals surface area (Å²) in [5, 5.41) is 11.8. The van der Waals surface area contributed by atoms with Crippen molar-refractivity contribution >= 4 is 17.3 Å². The summed E-state index contributed by atoms with van der Waals surface area (Å²) in [6.07, 6.45) is 10.0. The van der Waals surface area contributed by atoms with Crippen LogP contribution in [0.3, 0.4) is 0 Å². The van der Waals surface area contributed by atoms with E-state index < -0.39 is 11.6 Å². The fourth-order valence-electron chi connectivity index (χ4n) is 5.14. The summed E-state index contributed by atoms with van der Waals surface area (Å²) in [6.45, 7) is 6.53. The van der Waals surface area contributed by atoms with Gasteiger partial charge in [0.15, 0.2) is 0 Å². The topological polar surface area (TPSA) is 83.2 Å². The molecule has 4 heterocycles. The molecule has 0 spiro atoms. The Morgan fingerprint density at radius 3 is 2.76 bits per heavy atom. The molecule has 2 aliphatic rings. The van der Waals surface area contributed by atoms with Gasteiger partial charge in [-0.3, -0.25) is 19.2 Å². The maximum Gasteiger partial charge on any atom is 0.292 e. The van der Waals surface area contributed by atoms with Gasteiger partial charge in [0, 0.05) is 78.8 Å². The summed E-state index contributed by atoms with van der Waals surface area (Å²) in [5.74, 6) is -1.65. The Bertz CT molecular complexity index is 1550. The van der Waals surface area contributed by atoms with Gasteiger partial charge in [0.1, 0.15) is 17.4 Å². The molecule has 0 unspecified atom stereocenters. The van der Waals surface area contributed by atoms with Crippen molar-refractivity contribution in [3.63, 3.8) is 0 Å². The molecule has 1 aromatic carbocycles. The predicted molar refractivity (Wildman–Crippen MR) is 142 cm³/mol. The van der Waals surface area contributed by atoms with Crippen molar-refractivity contribution < 1.29 is 13.5 Å². The van der Waals surface area contributed by atoms with Gasteiger partial charge in [-0.25, -0.2) is 8.78 Å². The van der Waals surface area contributed by atoms with Crippen molar-refractivity contribution in [2.75, 3.05) is 31.5 Å². The van der Waals surface area contributed by atoms with Crippen molar-refractivity contribution in [3.05, 3.63) is 92.7 Å². The van der Waals surface area contributed by atoms with E-state index in [0.717, 1.165) is 52.4 Å². The molecule has 0 saturated heterocycles. The minimum atomic E-state index is -0.747. The van der Waals surface area contributed by atoms with Crippen LogP contribution in [0.4, 0.5) is 14.5 Å². The number of aromatic nitrogens is 2. The van der Waals surface area contributed by atoms with E-state index >= 15 is 0 Å². The van der Waals surface area contributed by atoms with Crippen molar-refractivity contribution in [3.8, 4) is 17.7 Å². The third-order valence-corrected chi connectivity index (χ3v) is 6.97. The highest BCUT2D eigenvalue weighted by Crippen LogP contribution is 2.31. The van der Waals surface area contributed by atoms with Crippen LogP contribution in [0.25, 0.3) is 17.3 Å². The molecule has 0 aliphatic carbocycles. The average molecular weight is 516 g/mol. The molecule has 7 nitrogen and oxygen atoms in total. The van der Waals surface area contributed by atoms with Crippen LogP contribution in [0.1, 0.15) is 35.7 Å². The van der Waals surface area contributed by atoms with Crippen molar-refractivity contribution in [2.45, 2.75) is 26.7 Å². The molecular formula is C29H27F2N5O2. The lowest BCUT2D eigenvalue weighted by Gasteiger charge is -2.27. The number of hydrogen-bond acceptors (Lipinski definition) is 6. The van der Waals surface area contributed by atoms with Gasteiger partial charge in [-0.15, -0.1) is 5.26 Å². The molecular weight excluding hydrogens is 488 g/mol. The smallest absolute Gasteiger partial charge is 0.292 e. The predicted octanol–water partition coefficient (Wildman–Crippen LogP) is 4.84. The van der Waals surface area contributed by atoms with E-state index in [1.807, 2.05) is 32.1 Å². The molecule has 194 valence electrons. The molecule has 38 heavy (non-hydrogen) atoms. The number of ether oxygens (including phenoxy) is 1. The third kappa shape index (κ3) is 4.95. The first-order chi connectivity index (χ1) is 18.4. The summed E-state index contributed by atoms with van der Waals surface area (Å²) in [4.78, 5) is 19.8. The fraction of sp³-hybridized carbons (Fsp3) is 0.276. The largest absolute Gasteiger partial charge is 0.388 e. The summed E-state index contributed by atoms with van der Waals surface area (Å²) in [5.41, 5.74) is 5.75. The maximum atomic E-state index is 14.6. The van der Waals surface area contributed by atoms with Crippen LogP contribution < -0.4 is 15.6 Å². The van der Waals surface area contributed by atoms with Crippen LogP contribution in [-0.2, 0) is 6.42 Å². The van der Waals surface area contributed by atoms with E-state index in [4.69, 9.17) is 5.26 Å². The zero-order chi connectivity index (χ0) is 26.8. The fourth-order valence-corrected chi connectivity index (χ4v) is 5.14. The Balaban J connectivity index is 1.35. The van der Waals surface area contributed by atoms with Gasteiger partial charge < -0.3 is 10.1 Å². The lowest BCUT2D eigenvalue weighted by Crippen LogP contribution is -2.30. The SMILES string of the molecule is C/C(=C\c1c(-n2ccc3c(c2=O)CCN3)ccnc1C)CN1CC=C(c2c(F)cc(OC#N)cc2F)CC1. The average Bonchev–Trinajstić information content (AvgIpc) is 3.37. The highest BCUT2D eigenvalue weighted by molar-refractivity contribution is 5.69. The lowest BCUT2D eigenvalue weighted by molar-refractivity contribution is 0.327. The number of halogens is 2. The number of benzene rings is 1. The number of nitrogens with zero attached hydrogens (tertiary/aromatic N) is 4. The number of fused-ring (bicyclic) bond motifs is 1. The zero-order valence-electron chi connectivity index (χ0n) is 21.2. The quantitative estimate of drug-likeness (QED) is 0.473. The number of anilines is 1. The Kier molecular flexibility index (Phi) is 7.07. The number of pyridine rings is 2. The van der Waals surface area contributed by atoms with E-state index in [-0.39, 0.29) is 16.9 Å². The van der Waals surface area contributed by atoms with E-state index in [1.54, 1.807) is 17.0 Å². The van der Waals surface area contributed by atoms with Gasteiger partial charge in [-0.2, -0.15) is 0 Å². The Morgan fingerprint density at radius 2 is 2.05 bits per heavy atom.